The zero-order valence-electron chi connectivity index (χ0n) is 14.4. The van der Waals surface area contributed by atoms with E-state index in [0.717, 1.165) is 10.4 Å². The highest BCUT2D eigenvalue weighted by molar-refractivity contribution is 7.12. The van der Waals surface area contributed by atoms with E-state index in [1.54, 1.807) is 0 Å². The highest BCUT2D eigenvalue weighted by Gasteiger charge is 2.19. The molecule has 0 aliphatic rings. The van der Waals surface area contributed by atoms with Gasteiger partial charge in [-0.1, -0.05) is 55.4 Å². The van der Waals surface area contributed by atoms with E-state index >= 15 is 0 Å². The SMILES string of the molecule is CC(C)CN(CCc1nc(-c2ccccc2)no1)C(=O)c1cccs1. The van der Waals surface area contributed by atoms with Gasteiger partial charge in [0.05, 0.1) is 4.88 Å². The molecule has 0 radical (unpaired) electrons. The van der Waals surface area contributed by atoms with E-state index in [1.807, 2.05) is 52.7 Å². The molecule has 3 rings (SSSR count). The van der Waals surface area contributed by atoms with Crippen molar-refractivity contribution in [3.8, 4) is 11.4 Å². The molecule has 2 aromatic heterocycles. The normalized spacial score (nSPS) is 11.0. The van der Waals surface area contributed by atoms with Crippen LogP contribution in [0.4, 0.5) is 0 Å². The molecule has 130 valence electrons. The minimum Gasteiger partial charge on any atom is -0.339 e. The number of carbonyl (C=O) groups excluding carboxylic acids is 1. The Morgan fingerprint density at radius 1 is 1.20 bits per heavy atom. The van der Waals surface area contributed by atoms with Crippen LogP contribution in [0.5, 0.6) is 0 Å². The topological polar surface area (TPSA) is 59.2 Å². The van der Waals surface area contributed by atoms with E-state index in [1.165, 1.54) is 11.3 Å². The monoisotopic (exact) mass is 355 g/mol. The van der Waals surface area contributed by atoms with Gasteiger partial charge in [-0.15, -0.1) is 11.3 Å². The summed E-state index contributed by atoms with van der Waals surface area (Å²) in [6.07, 6.45) is 0.545. The van der Waals surface area contributed by atoms with E-state index in [4.69, 9.17) is 4.52 Å². The van der Waals surface area contributed by atoms with Gasteiger partial charge in [0.2, 0.25) is 11.7 Å². The lowest BCUT2D eigenvalue weighted by molar-refractivity contribution is 0.0739. The van der Waals surface area contributed by atoms with E-state index in [-0.39, 0.29) is 5.91 Å². The Balaban J connectivity index is 1.67. The van der Waals surface area contributed by atoms with Crippen molar-refractivity contribution >= 4 is 17.2 Å². The molecule has 6 heteroatoms. The molecule has 0 N–H and O–H groups in total. The number of thiophene rings is 1. The molecular formula is C19H21N3O2S. The quantitative estimate of drug-likeness (QED) is 0.639. The summed E-state index contributed by atoms with van der Waals surface area (Å²) in [6, 6.07) is 13.5. The predicted molar refractivity (Wildman–Crippen MR) is 98.5 cm³/mol. The molecule has 2 heterocycles. The van der Waals surface area contributed by atoms with Crippen molar-refractivity contribution in [3.63, 3.8) is 0 Å². The fourth-order valence-electron chi connectivity index (χ4n) is 2.56. The van der Waals surface area contributed by atoms with Gasteiger partial charge in [0.15, 0.2) is 0 Å². The average Bonchev–Trinajstić information content (AvgIpc) is 3.30. The Kier molecular flexibility index (Phi) is 5.60. The zero-order valence-corrected chi connectivity index (χ0v) is 15.2. The highest BCUT2D eigenvalue weighted by atomic mass is 32.1. The molecule has 1 aromatic carbocycles. The van der Waals surface area contributed by atoms with Gasteiger partial charge in [0.1, 0.15) is 0 Å². The number of rotatable bonds is 7. The Morgan fingerprint density at radius 3 is 2.68 bits per heavy atom. The molecule has 0 atom stereocenters. The first kappa shape index (κ1) is 17.4. The Hall–Kier alpha value is -2.47. The minimum atomic E-state index is 0.0616. The largest absolute Gasteiger partial charge is 0.339 e. The molecule has 0 saturated carbocycles. The molecular weight excluding hydrogens is 334 g/mol. The van der Waals surface area contributed by atoms with Gasteiger partial charge in [-0.05, 0) is 17.4 Å². The van der Waals surface area contributed by atoms with Crippen LogP contribution in [-0.2, 0) is 6.42 Å². The van der Waals surface area contributed by atoms with E-state index < -0.39 is 0 Å². The predicted octanol–water partition coefficient (Wildman–Crippen LogP) is 4.14. The summed E-state index contributed by atoms with van der Waals surface area (Å²) in [7, 11) is 0. The summed E-state index contributed by atoms with van der Waals surface area (Å²) in [6.45, 7) is 5.48. The van der Waals surface area contributed by atoms with Crippen molar-refractivity contribution in [2.75, 3.05) is 13.1 Å². The summed E-state index contributed by atoms with van der Waals surface area (Å²) >= 11 is 1.47. The van der Waals surface area contributed by atoms with E-state index in [0.29, 0.717) is 37.1 Å². The summed E-state index contributed by atoms with van der Waals surface area (Å²) in [5, 5.41) is 5.95. The van der Waals surface area contributed by atoms with Crippen molar-refractivity contribution in [1.82, 2.24) is 15.0 Å². The molecule has 1 amide bonds. The lowest BCUT2D eigenvalue weighted by Gasteiger charge is -2.23. The second kappa shape index (κ2) is 8.07. The lowest BCUT2D eigenvalue weighted by Crippen LogP contribution is -2.35. The fraction of sp³-hybridized carbons (Fsp3) is 0.316. The van der Waals surface area contributed by atoms with Gasteiger partial charge in [-0.2, -0.15) is 4.98 Å². The van der Waals surface area contributed by atoms with Crippen LogP contribution in [0, 0.1) is 5.92 Å². The molecule has 0 saturated heterocycles. The van der Waals surface area contributed by atoms with E-state index in [2.05, 4.69) is 24.0 Å². The molecule has 0 bridgehead atoms. The molecule has 25 heavy (non-hydrogen) atoms. The lowest BCUT2D eigenvalue weighted by atomic mass is 10.2. The number of nitrogens with zero attached hydrogens (tertiary/aromatic N) is 3. The second-order valence-electron chi connectivity index (χ2n) is 6.25. The maximum absolute atomic E-state index is 12.7. The summed E-state index contributed by atoms with van der Waals surface area (Å²) in [5.41, 5.74) is 0.922. The molecule has 5 nitrogen and oxygen atoms in total. The first-order chi connectivity index (χ1) is 12.1. The highest BCUT2D eigenvalue weighted by Crippen LogP contribution is 2.17. The van der Waals surface area contributed by atoms with Gasteiger partial charge in [0.25, 0.3) is 5.91 Å². The standard InChI is InChI=1S/C19H21N3O2S/c1-14(2)13-22(19(23)16-9-6-12-25-16)11-10-17-20-18(21-24-17)15-7-4-3-5-8-15/h3-9,12,14H,10-11,13H2,1-2H3. The van der Waals surface area contributed by atoms with Crippen LogP contribution in [0.25, 0.3) is 11.4 Å². The zero-order chi connectivity index (χ0) is 17.6. The van der Waals surface area contributed by atoms with Gasteiger partial charge >= 0.3 is 0 Å². The summed E-state index contributed by atoms with van der Waals surface area (Å²) in [4.78, 5) is 19.7. The van der Waals surface area contributed by atoms with Crippen LogP contribution >= 0.6 is 11.3 Å². The van der Waals surface area contributed by atoms with Crippen LogP contribution in [-0.4, -0.2) is 34.0 Å². The molecule has 0 fully saturated rings. The first-order valence-electron chi connectivity index (χ1n) is 8.34. The molecule has 0 aliphatic carbocycles. The maximum Gasteiger partial charge on any atom is 0.263 e. The number of hydrogen-bond acceptors (Lipinski definition) is 5. The average molecular weight is 355 g/mol. The number of aromatic nitrogens is 2. The molecule has 3 aromatic rings. The Labute approximate surface area is 151 Å². The van der Waals surface area contributed by atoms with E-state index in [9.17, 15) is 4.79 Å². The fourth-order valence-corrected chi connectivity index (χ4v) is 3.25. The third-order valence-corrected chi connectivity index (χ3v) is 4.56. The molecule has 0 spiro atoms. The van der Waals surface area contributed by atoms with Crippen molar-refractivity contribution < 1.29 is 9.32 Å². The number of benzene rings is 1. The number of hydrogen-bond donors (Lipinski definition) is 0. The van der Waals surface area contributed by atoms with Crippen LogP contribution < -0.4 is 0 Å². The Bertz CT molecular complexity index is 797. The van der Waals surface area contributed by atoms with Gasteiger partial charge < -0.3 is 9.42 Å². The van der Waals surface area contributed by atoms with Gasteiger partial charge in [-0.25, -0.2) is 0 Å². The smallest absolute Gasteiger partial charge is 0.263 e. The maximum atomic E-state index is 12.7. The van der Waals surface area contributed by atoms with Crippen molar-refractivity contribution in [2.45, 2.75) is 20.3 Å². The third kappa shape index (κ3) is 4.54. The van der Waals surface area contributed by atoms with Crippen molar-refractivity contribution in [3.05, 3.63) is 58.6 Å². The molecule has 0 aliphatic heterocycles. The first-order valence-corrected chi connectivity index (χ1v) is 9.22. The van der Waals surface area contributed by atoms with Crippen molar-refractivity contribution in [1.29, 1.82) is 0 Å². The van der Waals surface area contributed by atoms with Crippen molar-refractivity contribution in [2.24, 2.45) is 5.92 Å². The van der Waals surface area contributed by atoms with Gasteiger partial charge in [0, 0.05) is 25.1 Å². The van der Waals surface area contributed by atoms with Gasteiger partial charge in [-0.3, -0.25) is 4.79 Å². The van der Waals surface area contributed by atoms with Crippen LogP contribution in [0.2, 0.25) is 0 Å². The number of amides is 1. The molecule has 0 unspecified atom stereocenters. The Morgan fingerprint density at radius 2 is 2.00 bits per heavy atom. The second-order valence-corrected chi connectivity index (χ2v) is 7.20. The number of carbonyl (C=O) groups is 1. The minimum absolute atomic E-state index is 0.0616. The third-order valence-electron chi connectivity index (χ3n) is 3.70. The van der Waals surface area contributed by atoms with Crippen LogP contribution in [0.3, 0.4) is 0 Å². The van der Waals surface area contributed by atoms with Crippen LogP contribution in [0.1, 0.15) is 29.4 Å². The van der Waals surface area contributed by atoms with Crippen LogP contribution in [0.15, 0.2) is 52.4 Å². The summed E-state index contributed by atoms with van der Waals surface area (Å²) in [5.74, 6) is 1.58. The summed E-state index contributed by atoms with van der Waals surface area (Å²) < 4.78 is 5.35.